The van der Waals surface area contributed by atoms with Crippen molar-refractivity contribution in [2.75, 3.05) is 6.54 Å². The van der Waals surface area contributed by atoms with E-state index in [1.165, 1.54) is 16.2 Å². The van der Waals surface area contributed by atoms with Crippen LogP contribution in [0.4, 0.5) is 4.79 Å². The second kappa shape index (κ2) is 4.68. The van der Waals surface area contributed by atoms with E-state index in [9.17, 15) is 9.59 Å². The number of carbonyl (C=O) groups is 2. The predicted octanol–water partition coefficient (Wildman–Crippen LogP) is 2.34. The molecule has 1 saturated heterocycles. The van der Waals surface area contributed by atoms with Gasteiger partial charge < -0.3 is 4.74 Å². The van der Waals surface area contributed by atoms with Gasteiger partial charge in [-0.15, -0.1) is 11.3 Å². The molecule has 0 bridgehead atoms. The lowest BCUT2D eigenvalue weighted by Crippen LogP contribution is -2.56. The average Bonchev–Trinajstić information content (AvgIpc) is 2.64. The molecule has 1 unspecified atom stereocenters. The van der Waals surface area contributed by atoms with Crippen molar-refractivity contribution in [3.05, 3.63) is 16.6 Å². The maximum atomic E-state index is 12.1. The molecule has 1 aliphatic rings. The number of carbonyl (C=O) groups excluding carboxylic acids is 2. The lowest BCUT2D eigenvalue weighted by molar-refractivity contribution is -0.00269. The van der Waals surface area contributed by atoms with Crippen molar-refractivity contribution < 1.29 is 14.3 Å². The second-order valence-electron chi connectivity index (χ2n) is 5.18. The summed E-state index contributed by atoms with van der Waals surface area (Å²) in [7, 11) is 0. The van der Waals surface area contributed by atoms with E-state index in [0.717, 1.165) is 0 Å². The number of nitrogens with zero attached hydrogens (tertiary/aromatic N) is 2. The van der Waals surface area contributed by atoms with E-state index in [1.807, 2.05) is 20.8 Å². The van der Waals surface area contributed by atoms with Gasteiger partial charge >= 0.3 is 6.09 Å². The molecule has 1 aliphatic heterocycles. The van der Waals surface area contributed by atoms with E-state index in [2.05, 4.69) is 4.98 Å². The topological polar surface area (TPSA) is 59.5 Å². The smallest absolute Gasteiger partial charge is 0.410 e. The van der Waals surface area contributed by atoms with Crippen molar-refractivity contribution in [1.29, 1.82) is 0 Å². The Morgan fingerprint density at radius 2 is 2.22 bits per heavy atom. The number of amides is 1. The van der Waals surface area contributed by atoms with Crippen molar-refractivity contribution >= 4 is 23.2 Å². The van der Waals surface area contributed by atoms with Crippen LogP contribution < -0.4 is 0 Å². The molecule has 18 heavy (non-hydrogen) atoms. The Labute approximate surface area is 110 Å². The van der Waals surface area contributed by atoms with Crippen molar-refractivity contribution in [2.24, 2.45) is 0 Å². The summed E-state index contributed by atoms with van der Waals surface area (Å²) in [6.07, 6.45) is 1.84. The number of ether oxygens (including phenoxy) is 1. The molecule has 0 spiro atoms. The molecular weight excluding hydrogens is 252 g/mol. The lowest BCUT2D eigenvalue weighted by Gasteiger charge is -2.39. The van der Waals surface area contributed by atoms with Crippen LogP contribution in [0.1, 0.15) is 37.0 Å². The van der Waals surface area contributed by atoms with E-state index in [-0.39, 0.29) is 5.78 Å². The zero-order chi connectivity index (χ0) is 13.3. The van der Waals surface area contributed by atoms with Crippen LogP contribution in [-0.4, -0.2) is 39.9 Å². The van der Waals surface area contributed by atoms with Crippen LogP contribution in [0, 0.1) is 0 Å². The van der Waals surface area contributed by atoms with E-state index in [4.69, 9.17) is 4.74 Å². The summed E-state index contributed by atoms with van der Waals surface area (Å²) in [6, 6.07) is -0.411. The van der Waals surface area contributed by atoms with Crippen LogP contribution in [0.5, 0.6) is 0 Å². The van der Waals surface area contributed by atoms with Crippen LogP contribution in [0.25, 0.3) is 0 Å². The van der Waals surface area contributed by atoms with Gasteiger partial charge in [0.15, 0.2) is 5.01 Å². The maximum absolute atomic E-state index is 12.1. The average molecular weight is 268 g/mol. The van der Waals surface area contributed by atoms with Gasteiger partial charge in [0.1, 0.15) is 11.6 Å². The third-order valence-electron chi connectivity index (χ3n) is 2.59. The Morgan fingerprint density at radius 3 is 2.67 bits per heavy atom. The van der Waals surface area contributed by atoms with Gasteiger partial charge in [-0.1, -0.05) is 0 Å². The first kappa shape index (κ1) is 13.0. The highest BCUT2D eigenvalue weighted by molar-refractivity contribution is 7.11. The summed E-state index contributed by atoms with van der Waals surface area (Å²) in [5, 5.41) is 2.21. The van der Waals surface area contributed by atoms with Crippen molar-refractivity contribution in [3.63, 3.8) is 0 Å². The molecular formula is C12H16N2O3S. The van der Waals surface area contributed by atoms with Gasteiger partial charge in [-0.05, 0) is 27.2 Å². The molecule has 0 N–H and O–H groups in total. The molecule has 2 heterocycles. The summed E-state index contributed by atoms with van der Waals surface area (Å²) < 4.78 is 5.26. The van der Waals surface area contributed by atoms with E-state index >= 15 is 0 Å². The third kappa shape index (κ3) is 2.69. The van der Waals surface area contributed by atoms with E-state index in [0.29, 0.717) is 18.0 Å². The quantitative estimate of drug-likeness (QED) is 0.772. The third-order valence-corrected chi connectivity index (χ3v) is 3.38. The second-order valence-corrected chi connectivity index (χ2v) is 6.07. The summed E-state index contributed by atoms with van der Waals surface area (Å²) in [4.78, 5) is 29.4. The molecule has 1 aromatic rings. The highest BCUT2D eigenvalue weighted by atomic mass is 32.1. The van der Waals surface area contributed by atoms with Crippen molar-refractivity contribution in [2.45, 2.75) is 38.8 Å². The van der Waals surface area contributed by atoms with Gasteiger partial charge in [-0.2, -0.15) is 0 Å². The zero-order valence-electron chi connectivity index (χ0n) is 10.7. The number of hydrogen-bond donors (Lipinski definition) is 0. The van der Waals surface area contributed by atoms with Crippen LogP contribution in [0.15, 0.2) is 11.6 Å². The van der Waals surface area contributed by atoms with Gasteiger partial charge in [0.2, 0.25) is 5.78 Å². The van der Waals surface area contributed by atoms with Crippen molar-refractivity contribution in [1.82, 2.24) is 9.88 Å². The Bertz CT molecular complexity index is 450. The molecule has 0 saturated carbocycles. The highest BCUT2D eigenvalue weighted by Gasteiger charge is 2.40. The van der Waals surface area contributed by atoms with Gasteiger partial charge in [-0.3, -0.25) is 9.69 Å². The van der Waals surface area contributed by atoms with Crippen LogP contribution in [0.3, 0.4) is 0 Å². The summed E-state index contributed by atoms with van der Waals surface area (Å²) in [5.74, 6) is -0.0953. The minimum atomic E-state index is -0.540. The fraction of sp³-hybridized carbons (Fsp3) is 0.583. The first-order valence-electron chi connectivity index (χ1n) is 5.82. The minimum absolute atomic E-state index is 0.0953. The van der Waals surface area contributed by atoms with Gasteiger partial charge in [0, 0.05) is 18.1 Å². The summed E-state index contributed by atoms with van der Waals surface area (Å²) in [5.41, 5.74) is -0.540. The van der Waals surface area contributed by atoms with Crippen LogP contribution in [0.2, 0.25) is 0 Å². The fourth-order valence-electron chi connectivity index (χ4n) is 1.69. The summed E-state index contributed by atoms with van der Waals surface area (Å²) in [6.45, 7) is 5.99. The first-order valence-corrected chi connectivity index (χ1v) is 6.70. The molecule has 98 valence electrons. The van der Waals surface area contributed by atoms with Crippen molar-refractivity contribution in [3.8, 4) is 0 Å². The van der Waals surface area contributed by atoms with Gasteiger partial charge in [-0.25, -0.2) is 9.78 Å². The minimum Gasteiger partial charge on any atom is -0.444 e. The highest BCUT2D eigenvalue weighted by Crippen LogP contribution is 2.24. The normalized spacial score (nSPS) is 19.3. The SMILES string of the molecule is CC(C)(C)OC(=O)N1CCC1C(=O)c1nccs1. The number of likely N-dealkylation sites (tertiary alicyclic amines) is 1. The molecule has 2 rings (SSSR count). The number of rotatable bonds is 2. The molecule has 0 radical (unpaired) electrons. The fourth-order valence-corrected chi connectivity index (χ4v) is 2.31. The Balaban J connectivity index is 2.00. The van der Waals surface area contributed by atoms with Crippen LogP contribution in [-0.2, 0) is 4.74 Å². The zero-order valence-corrected chi connectivity index (χ0v) is 11.5. The maximum Gasteiger partial charge on any atom is 0.410 e. The lowest BCUT2D eigenvalue weighted by atomic mass is 9.99. The molecule has 6 heteroatoms. The summed E-state index contributed by atoms with van der Waals surface area (Å²) >= 11 is 1.30. The molecule has 5 nitrogen and oxygen atoms in total. The predicted molar refractivity (Wildman–Crippen MR) is 67.8 cm³/mol. The molecule has 1 fully saturated rings. The Hall–Kier alpha value is -1.43. The molecule has 0 aliphatic carbocycles. The molecule has 0 aromatic carbocycles. The number of aromatic nitrogens is 1. The Morgan fingerprint density at radius 1 is 1.50 bits per heavy atom. The molecule has 1 aromatic heterocycles. The van der Waals surface area contributed by atoms with E-state index < -0.39 is 17.7 Å². The number of Topliss-reactive ketones (excluding diaryl/α,β-unsaturated/α-hetero) is 1. The van der Waals surface area contributed by atoms with Crippen LogP contribution >= 0.6 is 11.3 Å². The molecule has 1 atom stereocenters. The van der Waals surface area contributed by atoms with E-state index in [1.54, 1.807) is 11.6 Å². The number of thiazole rings is 1. The largest absolute Gasteiger partial charge is 0.444 e. The molecule has 1 amide bonds. The standard InChI is InChI=1S/C12H16N2O3S/c1-12(2,3)17-11(16)14-6-4-8(14)9(15)10-13-5-7-18-10/h5,7-8H,4,6H2,1-3H3. The monoisotopic (exact) mass is 268 g/mol. The number of ketones is 1. The van der Waals surface area contributed by atoms with Gasteiger partial charge in [0.25, 0.3) is 0 Å². The first-order chi connectivity index (χ1) is 8.38. The Kier molecular flexibility index (Phi) is 3.38. The van der Waals surface area contributed by atoms with Gasteiger partial charge in [0.05, 0.1) is 0 Å². The number of hydrogen-bond acceptors (Lipinski definition) is 5.